The van der Waals surface area contributed by atoms with E-state index in [2.05, 4.69) is 22.9 Å². The Labute approximate surface area is 66.1 Å². The van der Waals surface area contributed by atoms with E-state index in [0.717, 1.165) is 5.69 Å². The smallest absolute Gasteiger partial charge is 0.0930 e. The van der Waals surface area contributed by atoms with E-state index < -0.39 is 0 Å². The summed E-state index contributed by atoms with van der Waals surface area (Å²) in [5.74, 6) is 0. The maximum absolute atomic E-state index is 4.25. The summed E-state index contributed by atoms with van der Waals surface area (Å²) in [6.45, 7) is 0. The van der Waals surface area contributed by atoms with Gasteiger partial charge in [0.15, 0.2) is 0 Å². The van der Waals surface area contributed by atoms with E-state index in [1.165, 1.54) is 0 Å². The molecule has 1 aromatic heterocycles. The highest BCUT2D eigenvalue weighted by molar-refractivity contribution is 7.80. The fourth-order valence-electron chi connectivity index (χ4n) is 0.686. The molecular weight excluding hydrogens is 144 g/mol. The molecule has 1 aromatic rings. The molecule has 1 atom stereocenters. The van der Waals surface area contributed by atoms with Crippen molar-refractivity contribution >= 4 is 12.6 Å². The van der Waals surface area contributed by atoms with Crippen molar-refractivity contribution in [2.45, 2.75) is 5.37 Å². The van der Waals surface area contributed by atoms with Crippen molar-refractivity contribution in [1.29, 1.82) is 0 Å². The van der Waals surface area contributed by atoms with E-state index in [-0.39, 0.29) is 5.37 Å². The van der Waals surface area contributed by atoms with Crippen molar-refractivity contribution < 1.29 is 0 Å². The first-order chi connectivity index (χ1) is 4.84. The van der Waals surface area contributed by atoms with Gasteiger partial charge in [0, 0.05) is 6.20 Å². The van der Waals surface area contributed by atoms with E-state index in [4.69, 9.17) is 0 Å². The molecule has 2 nitrogen and oxygen atoms in total. The van der Waals surface area contributed by atoms with Crippen molar-refractivity contribution in [3.63, 3.8) is 0 Å². The Morgan fingerprint density at radius 3 is 2.90 bits per heavy atom. The molecule has 0 fully saturated rings. The van der Waals surface area contributed by atoms with E-state index in [9.17, 15) is 0 Å². The summed E-state index contributed by atoms with van der Waals surface area (Å²) in [5.41, 5.74) is 0.952. The summed E-state index contributed by atoms with van der Waals surface area (Å²) in [7, 11) is 1.85. The lowest BCUT2D eigenvalue weighted by Gasteiger charge is -2.06. The molecule has 1 rings (SSSR count). The second kappa shape index (κ2) is 3.58. The number of aromatic nitrogens is 1. The van der Waals surface area contributed by atoms with E-state index in [0.29, 0.717) is 0 Å². The number of thiol groups is 1. The highest BCUT2D eigenvalue weighted by Crippen LogP contribution is 2.11. The zero-order chi connectivity index (χ0) is 7.40. The van der Waals surface area contributed by atoms with Crippen LogP contribution >= 0.6 is 12.6 Å². The van der Waals surface area contributed by atoms with Gasteiger partial charge < -0.3 is 5.32 Å². The van der Waals surface area contributed by atoms with Gasteiger partial charge in [-0.2, -0.15) is 12.6 Å². The van der Waals surface area contributed by atoms with Gasteiger partial charge >= 0.3 is 0 Å². The highest BCUT2D eigenvalue weighted by atomic mass is 32.1. The van der Waals surface area contributed by atoms with Crippen molar-refractivity contribution in [3.05, 3.63) is 30.1 Å². The van der Waals surface area contributed by atoms with Gasteiger partial charge in [-0.05, 0) is 19.2 Å². The SMILES string of the molecule is CNC(S)c1ccccn1. The molecule has 0 saturated heterocycles. The standard InChI is InChI=1S/C7H10N2S/c1-8-7(10)6-4-2-3-5-9-6/h2-5,7-8,10H,1H3. The molecular formula is C7H10N2S. The maximum atomic E-state index is 4.25. The molecule has 0 amide bonds. The molecule has 1 N–H and O–H groups in total. The van der Waals surface area contributed by atoms with Gasteiger partial charge in [0.2, 0.25) is 0 Å². The third kappa shape index (κ3) is 1.72. The van der Waals surface area contributed by atoms with Crippen molar-refractivity contribution in [2.75, 3.05) is 7.05 Å². The van der Waals surface area contributed by atoms with Gasteiger partial charge in [0.05, 0.1) is 11.1 Å². The topological polar surface area (TPSA) is 24.9 Å². The van der Waals surface area contributed by atoms with Gasteiger partial charge in [-0.15, -0.1) is 0 Å². The van der Waals surface area contributed by atoms with Gasteiger partial charge in [-0.1, -0.05) is 6.07 Å². The van der Waals surface area contributed by atoms with E-state index in [1.807, 2.05) is 25.2 Å². The molecule has 0 aliphatic carbocycles. The molecule has 0 radical (unpaired) electrons. The van der Waals surface area contributed by atoms with Crippen LogP contribution in [0.5, 0.6) is 0 Å². The van der Waals surface area contributed by atoms with Gasteiger partial charge in [0.1, 0.15) is 0 Å². The third-order valence-electron chi connectivity index (χ3n) is 1.24. The second-order valence-corrected chi connectivity index (χ2v) is 2.46. The van der Waals surface area contributed by atoms with Gasteiger partial charge in [0.25, 0.3) is 0 Å². The first-order valence-electron chi connectivity index (χ1n) is 3.11. The molecule has 0 aromatic carbocycles. The summed E-state index contributed by atoms with van der Waals surface area (Å²) in [5, 5.41) is 3.03. The maximum Gasteiger partial charge on any atom is 0.0930 e. The molecule has 0 saturated carbocycles. The van der Waals surface area contributed by atoms with Crippen LogP contribution in [0.3, 0.4) is 0 Å². The summed E-state index contributed by atoms with van der Waals surface area (Å²) >= 11 is 4.25. The third-order valence-corrected chi connectivity index (χ3v) is 1.76. The molecule has 54 valence electrons. The van der Waals surface area contributed by atoms with Gasteiger partial charge in [-0.25, -0.2) is 0 Å². The van der Waals surface area contributed by atoms with Crippen LogP contribution in [0.15, 0.2) is 24.4 Å². The minimum atomic E-state index is 0.0428. The van der Waals surface area contributed by atoms with Crippen LogP contribution in [0.25, 0.3) is 0 Å². The van der Waals surface area contributed by atoms with Crippen LogP contribution in [0.2, 0.25) is 0 Å². The number of nitrogens with one attached hydrogen (secondary N) is 1. The molecule has 0 bridgehead atoms. The zero-order valence-electron chi connectivity index (χ0n) is 5.78. The van der Waals surface area contributed by atoms with E-state index in [1.54, 1.807) is 6.20 Å². The molecule has 3 heteroatoms. The summed E-state index contributed by atoms with van der Waals surface area (Å²) in [4.78, 5) is 4.11. The molecule has 10 heavy (non-hydrogen) atoms. The normalized spacial score (nSPS) is 13.0. The first-order valence-corrected chi connectivity index (χ1v) is 3.62. The van der Waals surface area contributed by atoms with Crippen LogP contribution in [-0.2, 0) is 0 Å². The minimum Gasteiger partial charge on any atom is -0.304 e. The number of hydrogen-bond acceptors (Lipinski definition) is 3. The molecule has 1 unspecified atom stereocenters. The lowest BCUT2D eigenvalue weighted by atomic mass is 10.3. The van der Waals surface area contributed by atoms with Gasteiger partial charge in [-0.3, -0.25) is 4.98 Å². The van der Waals surface area contributed by atoms with Crippen molar-refractivity contribution in [2.24, 2.45) is 0 Å². The summed E-state index contributed by atoms with van der Waals surface area (Å²) in [6.07, 6.45) is 1.76. The lowest BCUT2D eigenvalue weighted by molar-refractivity contribution is 0.774. The molecule has 0 spiro atoms. The Bertz CT molecular complexity index is 188. The predicted octanol–water partition coefficient (Wildman–Crippen LogP) is 1.23. The predicted molar refractivity (Wildman–Crippen MR) is 45.0 cm³/mol. The number of nitrogens with zero attached hydrogens (tertiary/aromatic N) is 1. The average molecular weight is 154 g/mol. The Morgan fingerprint density at radius 2 is 2.40 bits per heavy atom. The fraction of sp³-hybridized carbons (Fsp3) is 0.286. The quantitative estimate of drug-likeness (QED) is 0.494. The number of hydrogen-bond donors (Lipinski definition) is 2. The Balaban J connectivity index is 2.75. The van der Waals surface area contributed by atoms with Crippen LogP contribution < -0.4 is 5.32 Å². The minimum absolute atomic E-state index is 0.0428. The monoisotopic (exact) mass is 154 g/mol. The Kier molecular flexibility index (Phi) is 2.71. The zero-order valence-corrected chi connectivity index (χ0v) is 6.68. The summed E-state index contributed by atoms with van der Waals surface area (Å²) < 4.78 is 0. The number of pyridine rings is 1. The van der Waals surface area contributed by atoms with Crippen molar-refractivity contribution in [3.8, 4) is 0 Å². The number of rotatable bonds is 2. The average Bonchev–Trinajstić information content (AvgIpc) is 2.05. The van der Waals surface area contributed by atoms with Crippen LogP contribution in [0, 0.1) is 0 Å². The largest absolute Gasteiger partial charge is 0.304 e. The highest BCUT2D eigenvalue weighted by Gasteiger charge is 2.00. The van der Waals surface area contributed by atoms with E-state index >= 15 is 0 Å². The summed E-state index contributed by atoms with van der Waals surface area (Å²) in [6, 6.07) is 5.77. The van der Waals surface area contributed by atoms with Crippen LogP contribution in [0.1, 0.15) is 11.1 Å². The van der Waals surface area contributed by atoms with Crippen molar-refractivity contribution in [1.82, 2.24) is 10.3 Å². The second-order valence-electron chi connectivity index (χ2n) is 1.95. The van der Waals surface area contributed by atoms with Crippen LogP contribution in [0.4, 0.5) is 0 Å². The Morgan fingerprint density at radius 1 is 1.60 bits per heavy atom. The molecule has 0 aliphatic heterocycles. The fourth-order valence-corrected chi connectivity index (χ4v) is 0.838. The first kappa shape index (κ1) is 7.57. The molecule has 1 heterocycles. The lowest BCUT2D eigenvalue weighted by Crippen LogP contribution is -2.10. The molecule has 0 aliphatic rings. The van der Waals surface area contributed by atoms with Crippen LogP contribution in [-0.4, -0.2) is 12.0 Å². The Hall–Kier alpha value is -0.540.